The molecule has 0 aliphatic carbocycles. The van der Waals surface area contributed by atoms with Crippen molar-refractivity contribution in [3.8, 4) is 0 Å². The lowest BCUT2D eigenvalue weighted by atomic mass is 11.1. The second-order valence-electron chi connectivity index (χ2n) is 0.957. The predicted octanol–water partition coefficient (Wildman–Crippen LogP) is 0.664. The minimum absolute atomic E-state index is 0.222. The molecule has 1 atom stereocenters. The standard InChI is InChI=1S/C3H3NOS.CHClO/c5-6-2-1-4-3-6;2-1-3/h1-3H;1H. The summed E-state index contributed by atoms with van der Waals surface area (Å²) in [6.07, 6.45) is 1.52. The highest BCUT2D eigenvalue weighted by Crippen LogP contribution is 1.88. The van der Waals surface area contributed by atoms with Gasteiger partial charge in [0.15, 0.2) is 0 Å². The molecule has 3 nitrogen and oxygen atoms in total. The van der Waals surface area contributed by atoms with Crippen LogP contribution in [0.4, 0.5) is 0 Å². The van der Waals surface area contributed by atoms with E-state index in [0.717, 1.165) is 0 Å². The van der Waals surface area contributed by atoms with Crippen LogP contribution in [0.25, 0.3) is 0 Å². The molecule has 9 heavy (non-hydrogen) atoms. The smallest absolute Gasteiger partial charge is 0.208 e. The molecular formula is C4H4ClNO2S. The van der Waals surface area contributed by atoms with E-state index in [1.54, 1.807) is 0 Å². The maximum absolute atomic E-state index is 10.1. The van der Waals surface area contributed by atoms with E-state index in [1.165, 1.54) is 17.2 Å². The fourth-order valence-electron chi connectivity index (χ4n) is 0.225. The third-order valence-electron chi connectivity index (χ3n) is 0.446. The molecule has 5 heteroatoms. The van der Waals surface area contributed by atoms with E-state index in [1.807, 2.05) is 0 Å². The van der Waals surface area contributed by atoms with E-state index in [0.29, 0.717) is 0 Å². The second kappa shape index (κ2) is 5.65. The summed E-state index contributed by atoms with van der Waals surface area (Å²) in [5, 5.41) is 1.53. The molecule has 0 amide bonds. The van der Waals surface area contributed by atoms with Crippen molar-refractivity contribution >= 4 is 33.7 Å². The van der Waals surface area contributed by atoms with Crippen LogP contribution >= 0.6 is 11.6 Å². The number of aliphatic imine (C=N–C) groups is 1. The topological polar surface area (TPSA) is 46.5 Å². The SMILES string of the molecule is O=CCl.O=S1C=CN=C1. The van der Waals surface area contributed by atoms with Gasteiger partial charge in [0.1, 0.15) is 0 Å². The highest BCUT2D eigenvalue weighted by molar-refractivity contribution is 8.01. The molecule has 0 radical (unpaired) electrons. The minimum Gasteiger partial charge on any atom is -0.285 e. The van der Waals surface area contributed by atoms with E-state index in [2.05, 4.69) is 16.6 Å². The summed E-state index contributed by atoms with van der Waals surface area (Å²) >= 11 is 4.32. The molecule has 50 valence electrons. The van der Waals surface area contributed by atoms with Gasteiger partial charge in [0.25, 0.3) is 0 Å². The van der Waals surface area contributed by atoms with Crippen molar-refractivity contribution in [2.75, 3.05) is 0 Å². The van der Waals surface area contributed by atoms with Gasteiger partial charge in [-0.2, -0.15) is 0 Å². The van der Waals surface area contributed by atoms with Crippen LogP contribution < -0.4 is 0 Å². The van der Waals surface area contributed by atoms with Gasteiger partial charge in [-0.05, 0) is 11.6 Å². The van der Waals surface area contributed by atoms with Crippen molar-refractivity contribution in [3.63, 3.8) is 0 Å². The summed E-state index contributed by atoms with van der Waals surface area (Å²) in [5.74, 6) is 0.222. The summed E-state index contributed by atoms with van der Waals surface area (Å²) < 4.78 is 10.1. The first-order valence-electron chi connectivity index (χ1n) is 1.94. The molecule has 0 bridgehead atoms. The Hall–Kier alpha value is -0.480. The van der Waals surface area contributed by atoms with Gasteiger partial charge >= 0.3 is 0 Å². The molecule has 1 aliphatic rings. The van der Waals surface area contributed by atoms with Crippen molar-refractivity contribution in [1.29, 1.82) is 0 Å². The summed E-state index contributed by atoms with van der Waals surface area (Å²) in [6, 6.07) is 0. The Labute approximate surface area is 59.9 Å². The van der Waals surface area contributed by atoms with Gasteiger partial charge in [-0.1, -0.05) is 0 Å². The molecule has 0 aromatic carbocycles. The zero-order valence-corrected chi connectivity index (χ0v) is 5.93. The Kier molecular flexibility index (Phi) is 5.35. The van der Waals surface area contributed by atoms with E-state index < -0.39 is 10.8 Å². The minimum atomic E-state index is -0.895. The quantitative estimate of drug-likeness (QED) is 0.391. The van der Waals surface area contributed by atoms with Crippen molar-refractivity contribution in [1.82, 2.24) is 0 Å². The summed E-state index contributed by atoms with van der Waals surface area (Å²) in [5.41, 5.74) is 1.39. The first-order chi connectivity index (χ1) is 4.31. The summed E-state index contributed by atoms with van der Waals surface area (Å²) in [7, 11) is -0.895. The molecule has 0 fully saturated rings. The molecule has 0 spiro atoms. The predicted molar refractivity (Wildman–Crippen MR) is 38.4 cm³/mol. The second-order valence-corrected chi connectivity index (χ2v) is 2.28. The third kappa shape index (κ3) is 5.39. The van der Waals surface area contributed by atoms with Crippen molar-refractivity contribution in [2.24, 2.45) is 4.99 Å². The van der Waals surface area contributed by atoms with Crippen LogP contribution in [0.1, 0.15) is 0 Å². The van der Waals surface area contributed by atoms with E-state index in [4.69, 9.17) is 4.79 Å². The maximum atomic E-state index is 10.1. The summed E-state index contributed by atoms with van der Waals surface area (Å²) in [4.78, 5) is 12.1. The highest BCUT2D eigenvalue weighted by atomic mass is 35.5. The molecule has 1 unspecified atom stereocenters. The van der Waals surface area contributed by atoms with Gasteiger partial charge in [0.2, 0.25) is 5.75 Å². The molecule has 0 aromatic heterocycles. The van der Waals surface area contributed by atoms with Crippen LogP contribution in [0.15, 0.2) is 16.6 Å². The van der Waals surface area contributed by atoms with Crippen LogP contribution in [0.3, 0.4) is 0 Å². The van der Waals surface area contributed by atoms with Gasteiger partial charge in [0.05, 0.1) is 16.3 Å². The lowest BCUT2D eigenvalue weighted by Gasteiger charge is -1.62. The Morgan fingerprint density at radius 3 is 2.33 bits per heavy atom. The molecule has 0 aromatic rings. The van der Waals surface area contributed by atoms with E-state index in [9.17, 15) is 4.21 Å². The lowest BCUT2D eigenvalue weighted by Crippen LogP contribution is -1.73. The molecule has 1 rings (SSSR count). The molecule has 0 saturated carbocycles. The van der Waals surface area contributed by atoms with Crippen LogP contribution in [-0.4, -0.2) is 15.5 Å². The molecule has 0 N–H and O–H groups in total. The number of halogens is 1. The van der Waals surface area contributed by atoms with Gasteiger partial charge < -0.3 is 0 Å². The van der Waals surface area contributed by atoms with Gasteiger partial charge in [0, 0.05) is 11.6 Å². The van der Waals surface area contributed by atoms with Crippen molar-refractivity contribution in [3.05, 3.63) is 11.6 Å². The normalized spacial score (nSPS) is 20.8. The fourth-order valence-corrected chi connectivity index (χ4v) is 0.676. The Balaban J connectivity index is 0.000000187. The number of nitrogens with zero attached hydrogens (tertiary/aromatic N) is 1. The van der Waals surface area contributed by atoms with Gasteiger partial charge in [-0.3, -0.25) is 9.79 Å². The van der Waals surface area contributed by atoms with Crippen LogP contribution in [-0.2, 0) is 15.6 Å². The number of hydrogen-bond acceptors (Lipinski definition) is 3. The Morgan fingerprint density at radius 2 is 2.22 bits per heavy atom. The maximum Gasteiger partial charge on any atom is 0.208 e. The third-order valence-corrected chi connectivity index (χ3v) is 1.17. The number of carbonyl (C=O) groups excluding carboxylic acids is 1. The Bertz CT molecular complexity index is 152. The highest BCUT2D eigenvalue weighted by Gasteiger charge is 1.87. The monoisotopic (exact) mass is 165 g/mol. The number of rotatable bonds is 0. The molecule has 1 heterocycles. The lowest BCUT2D eigenvalue weighted by molar-refractivity contribution is 0.569. The van der Waals surface area contributed by atoms with Gasteiger partial charge in [-0.15, -0.1) is 0 Å². The van der Waals surface area contributed by atoms with E-state index >= 15 is 0 Å². The average Bonchev–Trinajstić information content (AvgIpc) is 2.20. The average molecular weight is 166 g/mol. The van der Waals surface area contributed by atoms with Crippen LogP contribution in [0, 0.1) is 0 Å². The Morgan fingerprint density at radius 1 is 1.67 bits per heavy atom. The van der Waals surface area contributed by atoms with Crippen molar-refractivity contribution < 1.29 is 9.00 Å². The first kappa shape index (κ1) is 8.52. The zero-order chi connectivity index (χ0) is 7.11. The molecular weight excluding hydrogens is 162 g/mol. The van der Waals surface area contributed by atoms with Crippen molar-refractivity contribution in [2.45, 2.75) is 0 Å². The van der Waals surface area contributed by atoms with Crippen LogP contribution in [0.5, 0.6) is 0 Å². The zero-order valence-electron chi connectivity index (χ0n) is 4.36. The van der Waals surface area contributed by atoms with Crippen LogP contribution in [0.2, 0.25) is 0 Å². The molecule has 1 aliphatic heterocycles. The largest absolute Gasteiger partial charge is 0.285 e. The first-order valence-corrected chi connectivity index (χ1v) is 3.65. The van der Waals surface area contributed by atoms with Gasteiger partial charge in [-0.25, -0.2) is 4.21 Å². The molecule has 0 saturated heterocycles. The summed E-state index contributed by atoms with van der Waals surface area (Å²) in [6.45, 7) is 0. The van der Waals surface area contributed by atoms with E-state index in [-0.39, 0.29) is 5.75 Å². The number of carbonyl (C=O) groups is 1. The number of hydrogen-bond donors (Lipinski definition) is 0. The fraction of sp³-hybridized carbons (Fsp3) is 0.